The molecular weight excluding hydrogens is 330 g/mol. The second-order valence-electron chi connectivity index (χ2n) is 6.99. The minimum atomic E-state index is -0.108. The molecule has 2 aliphatic heterocycles. The van der Waals surface area contributed by atoms with E-state index in [1.807, 2.05) is 12.3 Å². The second-order valence-corrected chi connectivity index (χ2v) is 6.99. The number of carbonyl (C=O) groups is 1. The Morgan fingerprint density at radius 3 is 2.73 bits per heavy atom. The van der Waals surface area contributed by atoms with Gasteiger partial charge in [0.1, 0.15) is 5.82 Å². The molecule has 7 nitrogen and oxygen atoms in total. The van der Waals surface area contributed by atoms with Crippen molar-refractivity contribution >= 4 is 11.8 Å². The first-order valence-electron chi connectivity index (χ1n) is 9.83. The number of aromatic nitrogens is 1. The summed E-state index contributed by atoms with van der Waals surface area (Å²) < 4.78 is 5.34. The highest BCUT2D eigenvalue weighted by Gasteiger charge is 2.12. The number of hydrogen-bond donors (Lipinski definition) is 2. The summed E-state index contributed by atoms with van der Waals surface area (Å²) in [5.41, 5.74) is 1.09. The number of ether oxygens (including phenoxy) is 1. The molecule has 0 aliphatic carbocycles. The summed E-state index contributed by atoms with van der Waals surface area (Å²) in [5, 5.41) is 5.87. The molecule has 0 unspecified atom stereocenters. The molecule has 2 fully saturated rings. The Kier molecular flexibility index (Phi) is 7.51. The van der Waals surface area contributed by atoms with E-state index in [4.69, 9.17) is 4.74 Å². The van der Waals surface area contributed by atoms with Gasteiger partial charge >= 0.3 is 6.03 Å². The van der Waals surface area contributed by atoms with Crippen LogP contribution >= 0.6 is 0 Å². The van der Waals surface area contributed by atoms with Crippen molar-refractivity contribution in [1.29, 1.82) is 0 Å². The maximum atomic E-state index is 12.0. The Hall–Kier alpha value is -1.86. The summed E-state index contributed by atoms with van der Waals surface area (Å²) in [4.78, 5) is 21.2. The number of piperidine rings is 1. The van der Waals surface area contributed by atoms with Crippen LogP contribution in [0.5, 0.6) is 0 Å². The standard InChI is InChI=1S/C19H31N5O2/c25-19(21-6-4-8-23-11-13-26-14-12-23)22-16-17-5-7-20-18(15-17)24-9-2-1-3-10-24/h5,7,15H,1-4,6,8-14,16H2,(H2,21,22,25). The highest BCUT2D eigenvalue weighted by Crippen LogP contribution is 2.18. The number of rotatable bonds is 7. The van der Waals surface area contributed by atoms with Crippen molar-refractivity contribution in [1.82, 2.24) is 20.5 Å². The number of pyridine rings is 1. The van der Waals surface area contributed by atoms with Gasteiger partial charge in [-0.05, 0) is 49.9 Å². The van der Waals surface area contributed by atoms with Gasteiger partial charge in [-0.15, -0.1) is 0 Å². The Morgan fingerprint density at radius 2 is 1.92 bits per heavy atom. The summed E-state index contributed by atoms with van der Waals surface area (Å²) in [6, 6.07) is 3.94. The molecule has 2 N–H and O–H groups in total. The van der Waals surface area contributed by atoms with Crippen molar-refractivity contribution < 1.29 is 9.53 Å². The van der Waals surface area contributed by atoms with Crippen LogP contribution in [0.1, 0.15) is 31.2 Å². The Bertz CT molecular complexity index is 557. The van der Waals surface area contributed by atoms with Gasteiger partial charge in [-0.3, -0.25) is 4.90 Å². The number of amides is 2. The maximum Gasteiger partial charge on any atom is 0.315 e. The van der Waals surface area contributed by atoms with Crippen LogP contribution in [0.2, 0.25) is 0 Å². The molecule has 0 atom stereocenters. The highest BCUT2D eigenvalue weighted by atomic mass is 16.5. The third kappa shape index (κ3) is 6.14. The van der Waals surface area contributed by atoms with Crippen LogP contribution in [0.25, 0.3) is 0 Å². The lowest BCUT2D eigenvalue weighted by Crippen LogP contribution is -2.39. The summed E-state index contributed by atoms with van der Waals surface area (Å²) in [7, 11) is 0. The number of carbonyl (C=O) groups excluding carboxylic acids is 1. The van der Waals surface area contributed by atoms with Gasteiger partial charge in [0, 0.05) is 45.5 Å². The van der Waals surface area contributed by atoms with Crippen molar-refractivity contribution in [2.24, 2.45) is 0 Å². The number of nitrogens with one attached hydrogen (secondary N) is 2. The SMILES string of the molecule is O=C(NCCCN1CCOCC1)NCc1ccnc(N2CCCCC2)c1. The lowest BCUT2D eigenvalue weighted by Gasteiger charge is -2.28. The van der Waals surface area contributed by atoms with E-state index in [0.717, 1.165) is 63.7 Å². The molecule has 0 bridgehead atoms. The van der Waals surface area contributed by atoms with Crippen molar-refractivity contribution in [3.8, 4) is 0 Å². The third-order valence-electron chi connectivity index (χ3n) is 4.98. The summed E-state index contributed by atoms with van der Waals surface area (Å²) in [5.74, 6) is 1.02. The van der Waals surface area contributed by atoms with E-state index in [-0.39, 0.29) is 6.03 Å². The van der Waals surface area contributed by atoms with Crippen LogP contribution < -0.4 is 15.5 Å². The van der Waals surface area contributed by atoms with E-state index in [9.17, 15) is 4.79 Å². The Balaban J connectivity index is 1.33. The zero-order chi connectivity index (χ0) is 18.0. The van der Waals surface area contributed by atoms with Crippen molar-refractivity contribution in [2.45, 2.75) is 32.2 Å². The van der Waals surface area contributed by atoms with Crippen LogP contribution in [0.3, 0.4) is 0 Å². The summed E-state index contributed by atoms with van der Waals surface area (Å²) in [6.07, 6.45) is 6.57. The van der Waals surface area contributed by atoms with Crippen molar-refractivity contribution in [3.05, 3.63) is 23.9 Å². The molecule has 0 spiro atoms. The topological polar surface area (TPSA) is 69.7 Å². The molecule has 2 amide bonds. The van der Waals surface area contributed by atoms with Crippen molar-refractivity contribution in [3.63, 3.8) is 0 Å². The second kappa shape index (κ2) is 10.3. The molecule has 2 saturated heterocycles. The van der Waals surface area contributed by atoms with Crippen LogP contribution in [0.4, 0.5) is 10.6 Å². The van der Waals surface area contributed by atoms with Gasteiger partial charge in [0.15, 0.2) is 0 Å². The van der Waals surface area contributed by atoms with E-state index < -0.39 is 0 Å². The van der Waals surface area contributed by atoms with Gasteiger partial charge in [-0.25, -0.2) is 9.78 Å². The van der Waals surface area contributed by atoms with Crippen LogP contribution in [-0.2, 0) is 11.3 Å². The predicted octanol–water partition coefficient (Wildman–Crippen LogP) is 1.59. The van der Waals surface area contributed by atoms with Gasteiger partial charge in [0.2, 0.25) is 0 Å². The molecular formula is C19H31N5O2. The van der Waals surface area contributed by atoms with Gasteiger partial charge in [-0.1, -0.05) is 0 Å². The normalized spacial score (nSPS) is 18.5. The number of anilines is 1. The predicted molar refractivity (Wildman–Crippen MR) is 102 cm³/mol. The number of urea groups is 1. The fourth-order valence-corrected chi connectivity index (χ4v) is 3.44. The first-order valence-corrected chi connectivity index (χ1v) is 9.83. The van der Waals surface area contributed by atoms with Gasteiger partial charge in [0.05, 0.1) is 13.2 Å². The fourth-order valence-electron chi connectivity index (χ4n) is 3.44. The van der Waals surface area contributed by atoms with Crippen LogP contribution in [-0.4, -0.2) is 68.4 Å². The smallest absolute Gasteiger partial charge is 0.315 e. The summed E-state index contributed by atoms with van der Waals surface area (Å²) in [6.45, 7) is 8.01. The molecule has 3 rings (SSSR count). The highest BCUT2D eigenvalue weighted by molar-refractivity contribution is 5.73. The Labute approximate surface area is 156 Å². The number of hydrogen-bond acceptors (Lipinski definition) is 5. The monoisotopic (exact) mass is 361 g/mol. The maximum absolute atomic E-state index is 12.0. The van der Waals surface area contributed by atoms with Crippen LogP contribution in [0.15, 0.2) is 18.3 Å². The van der Waals surface area contributed by atoms with E-state index in [1.165, 1.54) is 19.3 Å². The minimum absolute atomic E-state index is 0.108. The van der Waals surface area contributed by atoms with Gasteiger partial charge < -0.3 is 20.3 Å². The van der Waals surface area contributed by atoms with E-state index >= 15 is 0 Å². The molecule has 0 aromatic carbocycles. The number of morpholine rings is 1. The molecule has 144 valence electrons. The lowest BCUT2D eigenvalue weighted by atomic mass is 10.1. The molecule has 3 heterocycles. The lowest BCUT2D eigenvalue weighted by molar-refractivity contribution is 0.0375. The molecule has 2 aliphatic rings. The largest absolute Gasteiger partial charge is 0.379 e. The third-order valence-corrected chi connectivity index (χ3v) is 4.98. The average Bonchev–Trinajstić information content (AvgIpc) is 2.71. The quantitative estimate of drug-likeness (QED) is 0.722. The molecule has 0 radical (unpaired) electrons. The van der Waals surface area contributed by atoms with Gasteiger partial charge in [0.25, 0.3) is 0 Å². The molecule has 0 saturated carbocycles. The van der Waals surface area contributed by atoms with Crippen molar-refractivity contribution in [2.75, 3.05) is 57.4 Å². The minimum Gasteiger partial charge on any atom is -0.379 e. The average molecular weight is 361 g/mol. The number of nitrogens with zero attached hydrogens (tertiary/aromatic N) is 3. The van der Waals surface area contributed by atoms with E-state index in [1.54, 1.807) is 0 Å². The summed E-state index contributed by atoms with van der Waals surface area (Å²) >= 11 is 0. The van der Waals surface area contributed by atoms with E-state index in [0.29, 0.717) is 13.1 Å². The first kappa shape index (κ1) is 18.9. The molecule has 1 aromatic rings. The fraction of sp³-hybridized carbons (Fsp3) is 0.684. The molecule has 1 aromatic heterocycles. The first-order chi connectivity index (χ1) is 12.8. The van der Waals surface area contributed by atoms with Crippen LogP contribution in [0, 0.1) is 0 Å². The molecule has 7 heteroatoms. The zero-order valence-corrected chi connectivity index (χ0v) is 15.6. The zero-order valence-electron chi connectivity index (χ0n) is 15.6. The van der Waals surface area contributed by atoms with Gasteiger partial charge in [-0.2, -0.15) is 0 Å². The van der Waals surface area contributed by atoms with E-state index in [2.05, 4.69) is 31.5 Å². The Morgan fingerprint density at radius 1 is 1.12 bits per heavy atom. The molecule has 26 heavy (non-hydrogen) atoms.